The van der Waals surface area contributed by atoms with Crippen molar-refractivity contribution in [2.75, 3.05) is 26.7 Å². The second-order valence-electron chi connectivity index (χ2n) is 6.41. The van der Waals surface area contributed by atoms with Crippen molar-refractivity contribution in [2.45, 2.75) is 19.9 Å². The molecule has 0 aliphatic carbocycles. The smallest absolute Gasteiger partial charge is 0.276 e. The van der Waals surface area contributed by atoms with Crippen LogP contribution in [-0.4, -0.2) is 42.5 Å². The number of hydrogen-bond acceptors (Lipinski definition) is 5. The van der Waals surface area contributed by atoms with Crippen LogP contribution < -0.4 is 10.1 Å². The number of amides is 1. The van der Waals surface area contributed by atoms with Gasteiger partial charge < -0.3 is 10.1 Å². The number of benzene rings is 2. The quantitative estimate of drug-likeness (QED) is 0.374. The van der Waals surface area contributed by atoms with Crippen LogP contribution in [0.25, 0.3) is 6.08 Å². The minimum atomic E-state index is -0.462. The summed E-state index contributed by atoms with van der Waals surface area (Å²) < 4.78 is 5.32. The van der Waals surface area contributed by atoms with Crippen molar-refractivity contribution >= 4 is 17.7 Å². The number of rotatable bonds is 10. The summed E-state index contributed by atoms with van der Waals surface area (Å²) in [6, 6.07) is 14.1. The Balaban J connectivity index is 2.12. The average molecular weight is 397 g/mol. The minimum absolute atomic E-state index is 0.0106. The number of ether oxygens (including phenoxy) is 1. The number of para-hydroxylation sites is 1. The molecule has 0 aliphatic rings. The fourth-order valence-electron chi connectivity index (χ4n) is 3.19. The molecule has 0 saturated heterocycles. The molecule has 0 bridgehead atoms. The van der Waals surface area contributed by atoms with E-state index in [1.54, 1.807) is 25.3 Å². The molecule has 29 heavy (non-hydrogen) atoms. The highest BCUT2D eigenvalue weighted by Crippen LogP contribution is 2.24. The third-order valence-corrected chi connectivity index (χ3v) is 4.75. The number of nitrogens with one attached hydrogen (secondary N) is 1. The number of carbonyl (C=O) groups is 1. The van der Waals surface area contributed by atoms with Crippen LogP contribution in [0.3, 0.4) is 0 Å². The molecule has 0 aromatic heterocycles. The number of hydrogen-bond donors (Lipinski definition) is 1. The number of methoxy groups -OCH3 is 1. The number of likely N-dealkylation sites (N-methyl/N-ethyl adjacent to an activating group) is 1. The zero-order valence-electron chi connectivity index (χ0n) is 17.0. The summed E-state index contributed by atoms with van der Waals surface area (Å²) in [7, 11) is 1.63. The van der Waals surface area contributed by atoms with Gasteiger partial charge in [-0.1, -0.05) is 38.1 Å². The van der Waals surface area contributed by atoms with Crippen LogP contribution in [0, 0.1) is 10.1 Å². The Bertz CT molecular complexity index is 863. The lowest BCUT2D eigenvalue weighted by molar-refractivity contribution is -0.385. The maximum Gasteiger partial charge on any atom is 0.276 e. The highest BCUT2D eigenvalue weighted by Gasteiger charge is 2.19. The van der Waals surface area contributed by atoms with Crippen molar-refractivity contribution in [2.24, 2.45) is 0 Å². The van der Waals surface area contributed by atoms with Crippen LogP contribution in [-0.2, 0) is 4.79 Å². The van der Waals surface area contributed by atoms with E-state index >= 15 is 0 Å². The molecule has 1 atom stereocenters. The van der Waals surface area contributed by atoms with Crippen LogP contribution in [0.15, 0.2) is 54.6 Å². The first-order chi connectivity index (χ1) is 14.0. The van der Waals surface area contributed by atoms with Gasteiger partial charge in [-0.3, -0.25) is 19.8 Å². The molecule has 1 amide bonds. The zero-order chi connectivity index (χ0) is 21.2. The van der Waals surface area contributed by atoms with Crippen molar-refractivity contribution in [3.05, 3.63) is 75.8 Å². The van der Waals surface area contributed by atoms with Gasteiger partial charge in [-0.25, -0.2) is 0 Å². The van der Waals surface area contributed by atoms with E-state index in [0.29, 0.717) is 12.1 Å². The lowest BCUT2D eigenvalue weighted by atomic mass is 10.0. The van der Waals surface area contributed by atoms with Gasteiger partial charge in [0.15, 0.2) is 0 Å². The van der Waals surface area contributed by atoms with Crippen molar-refractivity contribution < 1.29 is 14.5 Å². The number of nitrogens with zero attached hydrogens (tertiary/aromatic N) is 2. The summed E-state index contributed by atoms with van der Waals surface area (Å²) in [6.07, 6.45) is 2.79. The SMILES string of the molecule is CCN(CC)C(CNC(=O)C=Cc1ccccc1[N+](=O)[O-])c1cccc(OC)c1. The van der Waals surface area contributed by atoms with Crippen molar-refractivity contribution in [1.29, 1.82) is 0 Å². The van der Waals surface area contributed by atoms with Gasteiger partial charge in [0.05, 0.1) is 23.6 Å². The van der Waals surface area contributed by atoms with Crippen molar-refractivity contribution in [3.63, 3.8) is 0 Å². The predicted octanol–water partition coefficient (Wildman–Crippen LogP) is 3.82. The second kappa shape index (κ2) is 11.0. The molecule has 7 nitrogen and oxygen atoms in total. The molecule has 2 aromatic rings. The van der Waals surface area contributed by atoms with Crippen LogP contribution in [0.1, 0.15) is 31.0 Å². The molecule has 0 saturated carbocycles. The highest BCUT2D eigenvalue weighted by molar-refractivity contribution is 5.92. The van der Waals surface area contributed by atoms with Gasteiger partial charge >= 0.3 is 0 Å². The van der Waals surface area contributed by atoms with Crippen LogP contribution >= 0.6 is 0 Å². The summed E-state index contributed by atoms with van der Waals surface area (Å²) in [6.45, 7) is 6.23. The lowest BCUT2D eigenvalue weighted by Gasteiger charge is -2.30. The van der Waals surface area contributed by atoms with Crippen molar-refractivity contribution in [3.8, 4) is 5.75 Å². The Morgan fingerprint density at radius 3 is 2.59 bits per heavy atom. The molecule has 2 aromatic carbocycles. The monoisotopic (exact) mass is 397 g/mol. The molecule has 0 fully saturated rings. The molecular weight excluding hydrogens is 370 g/mol. The first kappa shape index (κ1) is 22.1. The standard InChI is InChI=1S/C22H27N3O4/c1-4-24(5-2)21(18-10-8-11-19(15-18)29-3)16-23-22(26)14-13-17-9-6-7-12-20(17)25(27)28/h6-15,21H,4-5,16H2,1-3H3,(H,23,26). The van der Waals surface area contributed by atoms with E-state index in [9.17, 15) is 14.9 Å². The fraction of sp³-hybridized carbons (Fsp3) is 0.318. The van der Waals surface area contributed by atoms with E-state index in [0.717, 1.165) is 24.4 Å². The molecule has 1 unspecified atom stereocenters. The summed E-state index contributed by atoms with van der Waals surface area (Å²) in [5.74, 6) is 0.463. The first-order valence-electron chi connectivity index (χ1n) is 9.57. The number of nitro benzene ring substituents is 1. The average Bonchev–Trinajstić information content (AvgIpc) is 2.75. The van der Waals surface area contributed by atoms with Gasteiger partial charge in [-0.15, -0.1) is 0 Å². The second-order valence-corrected chi connectivity index (χ2v) is 6.41. The minimum Gasteiger partial charge on any atom is -0.497 e. The summed E-state index contributed by atoms with van der Waals surface area (Å²) in [5.41, 5.74) is 1.41. The normalized spacial score (nSPS) is 12.1. The van der Waals surface area contributed by atoms with E-state index in [1.165, 1.54) is 18.2 Å². The predicted molar refractivity (Wildman–Crippen MR) is 114 cm³/mol. The molecular formula is C22H27N3O4. The van der Waals surface area contributed by atoms with Gasteiger partial charge in [0, 0.05) is 18.7 Å². The topological polar surface area (TPSA) is 84.7 Å². The maximum atomic E-state index is 12.3. The van der Waals surface area contributed by atoms with Gasteiger partial charge in [0.2, 0.25) is 5.91 Å². The Kier molecular flexibility index (Phi) is 8.36. The summed E-state index contributed by atoms with van der Waals surface area (Å²) >= 11 is 0. The Hall–Kier alpha value is -3.19. The van der Waals surface area contributed by atoms with Gasteiger partial charge in [0.1, 0.15) is 5.75 Å². The van der Waals surface area contributed by atoms with Crippen LogP contribution in [0.5, 0.6) is 5.75 Å². The number of nitro groups is 1. The highest BCUT2D eigenvalue weighted by atomic mass is 16.6. The fourth-order valence-corrected chi connectivity index (χ4v) is 3.19. The van der Waals surface area contributed by atoms with E-state index in [2.05, 4.69) is 24.1 Å². The first-order valence-corrected chi connectivity index (χ1v) is 9.57. The summed E-state index contributed by atoms with van der Waals surface area (Å²) in [4.78, 5) is 25.2. The number of carbonyl (C=O) groups excluding carboxylic acids is 1. The molecule has 0 aliphatic heterocycles. The van der Waals surface area contributed by atoms with E-state index < -0.39 is 4.92 Å². The van der Waals surface area contributed by atoms with E-state index in [1.807, 2.05) is 24.3 Å². The van der Waals surface area contributed by atoms with Gasteiger partial charge in [0.25, 0.3) is 5.69 Å². The van der Waals surface area contributed by atoms with Crippen LogP contribution in [0.4, 0.5) is 5.69 Å². The maximum absolute atomic E-state index is 12.3. The molecule has 7 heteroatoms. The van der Waals surface area contributed by atoms with E-state index in [-0.39, 0.29) is 17.6 Å². The van der Waals surface area contributed by atoms with Gasteiger partial charge in [-0.05, 0) is 42.9 Å². The molecule has 154 valence electrons. The Labute approximate surface area is 171 Å². The molecule has 0 radical (unpaired) electrons. The Morgan fingerprint density at radius 1 is 1.21 bits per heavy atom. The molecule has 0 heterocycles. The molecule has 2 rings (SSSR count). The zero-order valence-corrected chi connectivity index (χ0v) is 17.0. The lowest BCUT2D eigenvalue weighted by Crippen LogP contribution is -2.37. The third kappa shape index (κ3) is 6.15. The summed E-state index contributed by atoms with van der Waals surface area (Å²) in [5, 5.41) is 14.0. The Morgan fingerprint density at radius 2 is 1.93 bits per heavy atom. The van der Waals surface area contributed by atoms with Crippen LogP contribution in [0.2, 0.25) is 0 Å². The molecule has 1 N–H and O–H groups in total. The molecule has 0 spiro atoms. The largest absolute Gasteiger partial charge is 0.497 e. The third-order valence-electron chi connectivity index (χ3n) is 4.75. The van der Waals surface area contributed by atoms with Gasteiger partial charge in [-0.2, -0.15) is 0 Å². The van der Waals surface area contributed by atoms with Crippen molar-refractivity contribution in [1.82, 2.24) is 10.2 Å². The van der Waals surface area contributed by atoms with E-state index in [4.69, 9.17) is 4.74 Å².